The summed E-state index contributed by atoms with van der Waals surface area (Å²) < 4.78 is 0. The molecule has 2 heteroatoms. The molecule has 2 rings (SSSR count). The van der Waals surface area contributed by atoms with Crippen LogP contribution in [0.5, 0.6) is 0 Å². The number of benzene rings is 1. The fraction of sp³-hybridized carbons (Fsp3) is 0.188. The highest BCUT2D eigenvalue weighted by Crippen LogP contribution is 2.01. The molecule has 0 unspecified atom stereocenters. The summed E-state index contributed by atoms with van der Waals surface area (Å²) in [4.78, 5) is 4.27. The van der Waals surface area contributed by atoms with E-state index in [2.05, 4.69) is 40.7 Å². The summed E-state index contributed by atoms with van der Waals surface area (Å²) in [6.07, 6.45) is 6.18. The molecule has 0 saturated carbocycles. The minimum absolute atomic E-state index is 0.854. The van der Waals surface area contributed by atoms with Crippen LogP contribution in [0, 0.1) is 6.92 Å². The van der Waals surface area contributed by atoms with Crippen molar-refractivity contribution < 1.29 is 0 Å². The van der Waals surface area contributed by atoms with Gasteiger partial charge in [0.05, 0.1) is 0 Å². The van der Waals surface area contributed by atoms with Gasteiger partial charge in [-0.1, -0.05) is 48.6 Å². The van der Waals surface area contributed by atoms with Crippen LogP contribution < -0.4 is 5.32 Å². The maximum Gasteiger partial charge on any atom is 0.0372 e. The lowest BCUT2D eigenvalue weighted by atomic mass is 10.2. The predicted octanol–water partition coefficient (Wildman–Crippen LogP) is 3.19. The SMILES string of the molecule is Cc1ccc(CNC/C=C/c2ccccc2)cn1. The van der Waals surface area contributed by atoms with E-state index in [0.717, 1.165) is 18.8 Å². The van der Waals surface area contributed by atoms with E-state index in [1.165, 1.54) is 11.1 Å². The zero-order valence-electron chi connectivity index (χ0n) is 10.6. The van der Waals surface area contributed by atoms with Crippen molar-refractivity contribution in [2.24, 2.45) is 0 Å². The van der Waals surface area contributed by atoms with Gasteiger partial charge >= 0.3 is 0 Å². The van der Waals surface area contributed by atoms with Gasteiger partial charge in [0.15, 0.2) is 0 Å². The monoisotopic (exact) mass is 238 g/mol. The smallest absolute Gasteiger partial charge is 0.0372 e. The molecule has 1 N–H and O–H groups in total. The van der Waals surface area contributed by atoms with Crippen molar-refractivity contribution in [2.45, 2.75) is 13.5 Å². The summed E-state index contributed by atoms with van der Waals surface area (Å²) in [5.41, 5.74) is 3.51. The Labute approximate surface area is 108 Å². The molecular weight excluding hydrogens is 220 g/mol. The Morgan fingerprint density at radius 1 is 1.11 bits per heavy atom. The Morgan fingerprint density at radius 2 is 1.94 bits per heavy atom. The highest BCUT2D eigenvalue weighted by Gasteiger charge is 1.91. The van der Waals surface area contributed by atoms with Crippen LogP contribution in [0.25, 0.3) is 6.08 Å². The average molecular weight is 238 g/mol. The first-order chi connectivity index (χ1) is 8.84. The minimum Gasteiger partial charge on any atom is -0.309 e. The molecule has 0 atom stereocenters. The first-order valence-electron chi connectivity index (χ1n) is 6.18. The molecule has 18 heavy (non-hydrogen) atoms. The van der Waals surface area contributed by atoms with Crippen molar-refractivity contribution in [3.05, 3.63) is 71.6 Å². The lowest BCUT2D eigenvalue weighted by Crippen LogP contribution is -2.12. The molecule has 2 aromatic rings. The third-order valence-electron chi connectivity index (χ3n) is 2.67. The molecule has 0 fully saturated rings. The van der Waals surface area contributed by atoms with Gasteiger partial charge in [-0.3, -0.25) is 4.98 Å². The normalized spacial score (nSPS) is 10.9. The van der Waals surface area contributed by atoms with Gasteiger partial charge in [0, 0.05) is 25.0 Å². The summed E-state index contributed by atoms with van der Waals surface area (Å²) in [6, 6.07) is 14.5. The van der Waals surface area contributed by atoms with Crippen LogP contribution in [-0.4, -0.2) is 11.5 Å². The molecule has 0 bridgehead atoms. The number of rotatable bonds is 5. The van der Waals surface area contributed by atoms with Crippen molar-refractivity contribution in [3.63, 3.8) is 0 Å². The second-order valence-corrected chi connectivity index (χ2v) is 4.25. The maximum atomic E-state index is 4.27. The van der Waals surface area contributed by atoms with Crippen LogP contribution in [0.2, 0.25) is 0 Å². The van der Waals surface area contributed by atoms with Crippen LogP contribution in [0.1, 0.15) is 16.8 Å². The van der Waals surface area contributed by atoms with E-state index in [-0.39, 0.29) is 0 Å². The molecule has 92 valence electrons. The lowest BCUT2D eigenvalue weighted by Gasteiger charge is -2.01. The molecule has 0 spiro atoms. The third-order valence-corrected chi connectivity index (χ3v) is 2.67. The third kappa shape index (κ3) is 4.15. The van der Waals surface area contributed by atoms with E-state index >= 15 is 0 Å². The van der Waals surface area contributed by atoms with Crippen molar-refractivity contribution in [2.75, 3.05) is 6.54 Å². The number of nitrogens with zero attached hydrogens (tertiary/aromatic N) is 1. The molecule has 0 saturated heterocycles. The van der Waals surface area contributed by atoms with E-state index in [1.807, 2.05) is 37.4 Å². The van der Waals surface area contributed by atoms with E-state index in [9.17, 15) is 0 Å². The number of aromatic nitrogens is 1. The highest BCUT2D eigenvalue weighted by atomic mass is 14.8. The summed E-state index contributed by atoms with van der Waals surface area (Å²) in [5, 5.41) is 3.36. The van der Waals surface area contributed by atoms with Gasteiger partial charge in [-0.15, -0.1) is 0 Å². The lowest BCUT2D eigenvalue weighted by molar-refractivity contribution is 0.757. The highest BCUT2D eigenvalue weighted by molar-refractivity contribution is 5.48. The molecule has 0 aliphatic carbocycles. The van der Waals surface area contributed by atoms with E-state index in [0.29, 0.717) is 0 Å². The summed E-state index contributed by atoms with van der Waals surface area (Å²) in [5.74, 6) is 0. The standard InChI is InChI=1S/C16H18N2/c1-14-9-10-16(13-18-14)12-17-11-5-8-15-6-3-2-4-7-15/h2-10,13,17H,11-12H2,1H3/b8-5+. The van der Waals surface area contributed by atoms with Crippen molar-refractivity contribution >= 4 is 6.08 Å². The van der Waals surface area contributed by atoms with Gasteiger partial charge in [-0.05, 0) is 24.1 Å². The Balaban J connectivity index is 1.73. The molecular formula is C16H18N2. The number of hydrogen-bond donors (Lipinski definition) is 1. The average Bonchev–Trinajstić information content (AvgIpc) is 2.42. The molecule has 1 aromatic heterocycles. The first kappa shape index (κ1) is 12.5. The summed E-state index contributed by atoms with van der Waals surface area (Å²) in [6.45, 7) is 3.72. The van der Waals surface area contributed by atoms with Gasteiger partial charge < -0.3 is 5.32 Å². The van der Waals surface area contributed by atoms with Gasteiger partial charge in [0.25, 0.3) is 0 Å². The maximum absolute atomic E-state index is 4.27. The van der Waals surface area contributed by atoms with Crippen LogP contribution >= 0.6 is 0 Å². The largest absolute Gasteiger partial charge is 0.309 e. The van der Waals surface area contributed by atoms with Gasteiger partial charge in [-0.2, -0.15) is 0 Å². The molecule has 2 nitrogen and oxygen atoms in total. The van der Waals surface area contributed by atoms with Gasteiger partial charge in [-0.25, -0.2) is 0 Å². The van der Waals surface area contributed by atoms with E-state index in [1.54, 1.807) is 0 Å². The Kier molecular flexibility index (Phi) is 4.68. The molecule has 0 aliphatic heterocycles. The molecule has 0 radical (unpaired) electrons. The van der Waals surface area contributed by atoms with Crippen molar-refractivity contribution in [3.8, 4) is 0 Å². The molecule has 1 aromatic carbocycles. The fourth-order valence-corrected chi connectivity index (χ4v) is 1.66. The Morgan fingerprint density at radius 3 is 2.67 bits per heavy atom. The van der Waals surface area contributed by atoms with Gasteiger partial charge in [0.2, 0.25) is 0 Å². The van der Waals surface area contributed by atoms with Crippen molar-refractivity contribution in [1.29, 1.82) is 0 Å². The number of nitrogens with one attached hydrogen (secondary N) is 1. The number of hydrogen-bond acceptors (Lipinski definition) is 2. The topological polar surface area (TPSA) is 24.9 Å². The van der Waals surface area contributed by atoms with Crippen molar-refractivity contribution in [1.82, 2.24) is 10.3 Å². The van der Waals surface area contributed by atoms with Crippen LogP contribution in [0.4, 0.5) is 0 Å². The zero-order valence-corrected chi connectivity index (χ0v) is 10.6. The molecule has 0 amide bonds. The minimum atomic E-state index is 0.854. The zero-order chi connectivity index (χ0) is 12.6. The summed E-state index contributed by atoms with van der Waals surface area (Å²) in [7, 11) is 0. The fourth-order valence-electron chi connectivity index (χ4n) is 1.66. The van der Waals surface area contributed by atoms with Gasteiger partial charge in [0.1, 0.15) is 0 Å². The van der Waals surface area contributed by atoms with Crippen LogP contribution in [-0.2, 0) is 6.54 Å². The van der Waals surface area contributed by atoms with E-state index < -0.39 is 0 Å². The predicted molar refractivity (Wildman–Crippen MR) is 76.2 cm³/mol. The Hall–Kier alpha value is -1.93. The van der Waals surface area contributed by atoms with Crippen LogP contribution in [0.3, 0.4) is 0 Å². The second kappa shape index (κ2) is 6.72. The molecule has 1 heterocycles. The van der Waals surface area contributed by atoms with E-state index in [4.69, 9.17) is 0 Å². The molecule has 0 aliphatic rings. The second-order valence-electron chi connectivity index (χ2n) is 4.25. The quantitative estimate of drug-likeness (QED) is 0.809. The van der Waals surface area contributed by atoms with Crippen LogP contribution in [0.15, 0.2) is 54.7 Å². The first-order valence-corrected chi connectivity index (χ1v) is 6.18. The Bertz CT molecular complexity index is 486. The number of pyridine rings is 1. The summed E-state index contributed by atoms with van der Waals surface area (Å²) >= 11 is 0. The number of aryl methyl sites for hydroxylation is 1.